The maximum atomic E-state index is 11.3. The average molecular weight is 408 g/mol. The van der Waals surface area contributed by atoms with Gasteiger partial charge in [0.1, 0.15) is 5.75 Å². The molecule has 0 amide bonds. The van der Waals surface area contributed by atoms with E-state index in [1.807, 2.05) is 48.7 Å². The number of benzene rings is 2. The Hall–Kier alpha value is -3.39. The monoisotopic (exact) mass is 408 g/mol. The molecule has 0 saturated heterocycles. The van der Waals surface area contributed by atoms with Gasteiger partial charge in [0.15, 0.2) is 5.11 Å². The smallest absolute Gasteiger partial charge is 0.269 e. The zero-order valence-corrected chi connectivity index (χ0v) is 16.6. The summed E-state index contributed by atoms with van der Waals surface area (Å²) in [5, 5.41) is 15.1. The van der Waals surface area contributed by atoms with Crippen LogP contribution in [0, 0.1) is 10.1 Å². The number of para-hydroxylation sites is 2. The van der Waals surface area contributed by atoms with E-state index < -0.39 is 0 Å². The predicted molar refractivity (Wildman–Crippen MR) is 115 cm³/mol. The molecule has 0 unspecified atom stereocenters. The van der Waals surface area contributed by atoms with E-state index in [0.717, 1.165) is 23.5 Å². The third-order valence-electron chi connectivity index (χ3n) is 5.04. The molecular formula is C21H20N4O3S. The Morgan fingerprint density at radius 3 is 2.79 bits per heavy atom. The Balaban J connectivity index is 1.71. The Kier molecular flexibility index (Phi) is 5.18. The fraction of sp³-hybridized carbons (Fsp3) is 0.190. The van der Waals surface area contributed by atoms with E-state index in [1.54, 1.807) is 19.2 Å². The first-order chi connectivity index (χ1) is 14.1. The van der Waals surface area contributed by atoms with E-state index in [1.165, 1.54) is 6.07 Å². The number of nitrogens with zero attached hydrogens (tertiary/aromatic N) is 3. The number of rotatable bonds is 4. The highest BCUT2D eigenvalue weighted by atomic mass is 32.1. The zero-order valence-electron chi connectivity index (χ0n) is 15.8. The highest BCUT2D eigenvalue weighted by molar-refractivity contribution is 7.80. The van der Waals surface area contributed by atoms with Crippen LogP contribution in [0.3, 0.4) is 0 Å². The first kappa shape index (κ1) is 18.9. The molecule has 0 bridgehead atoms. The highest BCUT2D eigenvalue weighted by Crippen LogP contribution is 2.35. The maximum Gasteiger partial charge on any atom is 0.269 e. The molecule has 0 aliphatic carbocycles. The maximum absolute atomic E-state index is 11.3. The lowest BCUT2D eigenvalue weighted by Crippen LogP contribution is -2.44. The van der Waals surface area contributed by atoms with Crippen LogP contribution in [0.15, 0.2) is 66.9 Å². The van der Waals surface area contributed by atoms with E-state index >= 15 is 0 Å². The Morgan fingerprint density at radius 2 is 2.00 bits per heavy atom. The van der Waals surface area contributed by atoms with Crippen LogP contribution in [0.5, 0.6) is 5.75 Å². The summed E-state index contributed by atoms with van der Waals surface area (Å²) in [6, 6.07) is 18.1. The minimum atomic E-state index is -0.374. The third-order valence-corrected chi connectivity index (χ3v) is 5.38. The molecule has 8 heteroatoms. The van der Waals surface area contributed by atoms with Gasteiger partial charge in [-0.2, -0.15) is 0 Å². The van der Waals surface area contributed by atoms with Crippen LogP contribution in [0.1, 0.15) is 17.3 Å². The van der Waals surface area contributed by atoms with Gasteiger partial charge in [-0.1, -0.05) is 24.3 Å². The number of hydrogen-bond acceptors (Lipinski definition) is 4. The van der Waals surface area contributed by atoms with Gasteiger partial charge in [-0.25, -0.2) is 0 Å². The van der Waals surface area contributed by atoms with Crippen LogP contribution in [0.4, 0.5) is 11.4 Å². The summed E-state index contributed by atoms with van der Waals surface area (Å²) in [4.78, 5) is 13.0. The first-order valence-electron chi connectivity index (χ1n) is 9.18. The molecule has 1 aliphatic heterocycles. The quantitative estimate of drug-likeness (QED) is 0.396. The van der Waals surface area contributed by atoms with Gasteiger partial charge >= 0.3 is 0 Å². The Bertz CT molecular complexity index is 1070. The standard InChI is InChI=1S/C21H20N4O3S/c1-28-19-10-3-2-8-17(19)22-21(29)24-13-12-23-11-5-9-18(23)20(24)15-6-4-7-16(14-15)25(26)27/h2-11,14,20H,12-13H2,1H3,(H,22,29)/t20-/m1/s1. The molecule has 4 rings (SSSR count). The molecule has 3 aromatic rings. The number of fused-ring (bicyclic) bond motifs is 1. The Morgan fingerprint density at radius 1 is 1.17 bits per heavy atom. The van der Waals surface area contributed by atoms with Gasteiger partial charge < -0.3 is 19.5 Å². The van der Waals surface area contributed by atoms with E-state index in [9.17, 15) is 10.1 Å². The lowest BCUT2D eigenvalue weighted by atomic mass is 10.00. The molecule has 2 aromatic carbocycles. The van der Waals surface area contributed by atoms with Crippen molar-refractivity contribution in [1.29, 1.82) is 0 Å². The SMILES string of the molecule is COc1ccccc1NC(=S)N1CCn2cccc2[C@H]1c1cccc([N+](=O)[O-])c1. The molecule has 29 heavy (non-hydrogen) atoms. The molecule has 0 saturated carbocycles. The van der Waals surface area contributed by atoms with Gasteiger partial charge in [0.25, 0.3) is 5.69 Å². The first-order valence-corrected chi connectivity index (χ1v) is 9.59. The van der Waals surface area contributed by atoms with Crippen LogP contribution >= 0.6 is 12.2 Å². The molecule has 0 spiro atoms. The van der Waals surface area contributed by atoms with Crippen LogP contribution in [-0.4, -0.2) is 33.2 Å². The van der Waals surface area contributed by atoms with Gasteiger partial charge in [-0.05, 0) is 42.0 Å². The molecule has 1 aromatic heterocycles. The Labute approximate surface area is 173 Å². The average Bonchev–Trinajstić information content (AvgIpc) is 3.22. The number of methoxy groups -OCH3 is 1. The predicted octanol–water partition coefficient (Wildman–Crippen LogP) is 4.21. The van der Waals surface area contributed by atoms with Crippen molar-refractivity contribution < 1.29 is 9.66 Å². The summed E-state index contributed by atoms with van der Waals surface area (Å²) in [5.41, 5.74) is 2.71. The second-order valence-electron chi connectivity index (χ2n) is 6.70. The van der Waals surface area contributed by atoms with Crippen molar-refractivity contribution >= 4 is 28.7 Å². The lowest BCUT2D eigenvalue weighted by molar-refractivity contribution is -0.384. The van der Waals surface area contributed by atoms with Crippen molar-refractivity contribution in [2.75, 3.05) is 19.0 Å². The molecule has 0 fully saturated rings. The summed E-state index contributed by atoms with van der Waals surface area (Å²) < 4.78 is 7.57. The van der Waals surface area contributed by atoms with E-state index in [-0.39, 0.29) is 16.7 Å². The van der Waals surface area contributed by atoms with Crippen molar-refractivity contribution in [3.8, 4) is 5.75 Å². The van der Waals surface area contributed by atoms with Gasteiger partial charge in [0.05, 0.1) is 23.8 Å². The minimum absolute atomic E-state index is 0.0646. The number of non-ortho nitro benzene ring substituents is 1. The van der Waals surface area contributed by atoms with E-state index in [2.05, 4.69) is 14.8 Å². The van der Waals surface area contributed by atoms with E-state index in [4.69, 9.17) is 17.0 Å². The van der Waals surface area contributed by atoms with Gasteiger partial charge in [0.2, 0.25) is 0 Å². The van der Waals surface area contributed by atoms with Crippen LogP contribution < -0.4 is 10.1 Å². The highest BCUT2D eigenvalue weighted by Gasteiger charge is 2.31. The molecule has 7 nitrogen and oxygen atoms in total. The number of thiocarbonyl (C=S) groups is 1. The summed E-state index contributed by atoms with van der Waals surface area (Å²) >= 11 is 5.74. The number of anilines is 1. The van der Waals surface area contributed by atoms with Crippen LogP contribution in [0.25, 0.3) is 0 Å². The van der Waals surface area contributed by atoms with Crippen molar-refractivity contribution in [2.45, 2.75) is 12.6 Å². The summed E-state index contributed by atoms with van der Waals surface area (Å²) in [6.45, 7) is 1.46. The largest absolute Gasteiger partial charge is 0.495 e. The van der Waals surface area contributed by atoms with Gasteiger partial charge in [-0.15, -0.1) is 0 Å². The van der Waals surface area contributed by atoms with Crippen molar-refractivity contribution in [2.24, 2.45) is 0 Å². The number of ether oxygens (including phenoxy) is 1. The number of hydrogen-bond donors (Lipinski definition) is 1. The normalized spacial score (nSPS) is 15.5. The molecule has 148 valence electrons. The van der Waals surface area contributed by atoms with E-state index in [0.29, 0.717) is 17.4 Å². The molecule has 1 N–H and O–H groups in total. The van der Waals surface area contributed by atoms with Gasteiger partial charge in [-0.3, -0.25) is 10.1 Å². The topological polar surface area (TPSA) is 72.6 Å². The number of aromatic nitrogens is 1. The number of nitrogens with one attached hydrogen (secondary N) is 1. The second kappa shape index (κ2) is 7.92. The second-order valence-corrected chi connectivity index (χ2v) is 7.09. The molecule has 0 radical (unpaired) electrons. The molecular weight excluding hydrogens is 388 g/mol. The lowest BCUT2D eigenvalue weighted by Gasteiger charge is -2.39. The van der Waals surface area contributed by atoms with Crippen LogP contribution in [0.2, 0.25) is 0 Å². The fourth-order valence-corrected chi connectivity index (χ4v) is 4.00. The summed E-state index contributed by atoms with van der Waals surface area (Å²) in [7, 11) is 1.61. The summed E-state index contributed by atoms with van der Waals surface area (Å²) in [5.74, 6) is 0.696. The molecule has 1 atom stereocenters. The van der Waals surface area contributed by atoms with Crippen molar-refractivity contribution in [3.63, 3.8) is 0 Å². The van der Waals surface area contributed by atoms with Gasteiger partial charge in [0, 0.05) is 37.1 Å². The molecule has 1 aliphatic rings. The number of nitro benzene ring substituents is 1. The third kappa shape index (κ3) is 3.66. The van der Waals surface area contributed by atoms with Crippen LogP contribution in [-0.2, 0) is 6.54 Å². The fourth-order valence-electron chi connectivity index (χ4n) is 3.70. The zero-order chi connectivity index (χ0) is 20.4. The minimum Gasteiger partial charge on any atom is -0.495 e. The summed E-state index contributed by atoms with van der Waals surface area (Å²) in [6.07, 6.45) is 2.02. The van der Waals surface area contributed by atoms with Crippen molar-refractivity contribution in [1.82, 2.24) is 9.47 Å². The number of nitro groups is 1. The molecule has 2 heterocycles. The van der Waals surface area contributed by atoms with Crippen molar-refractivity contribution in [3.05, 3.63) is 88.2 Å².